The summed E-state index contributed by atoms with van der Waals surface area (Å²) >= 11 is 0. The van der Waals surface area contributed by atoms with Crippen LogP contribution in [0.4, 0.5) is 5.69 Å². The largest absolute Gasteiger partial charge is 0.388 e. The molecule has 0 radical (unpaired) electrons. The zero-order valence-electron chi connectivity index (χ0n) is 11.4. The molecule has 1 atom stereocenters. The number of hydrogen-bond acceptors (Lipinski definition) is 2. The predicted octanol–water partition coefficient (Wildman–Crippen LogP) is 3.19. The number of nitrogens with one attached hydrogen (secondary N) is 1. The fourth-order valence-corrected chi connectivity index (χ4v) is 3.43. The van der Waals surface area contributed by atoms with Crippen molar-refractivity contribution in [2.45, 2.75) is 51.6 Å². The fourth-order valence-electron chi connectivity index (χ4n) is 3.43. The maximum Gasteiger partial charge on any atom is 0.224 e. The smallest absolute Gasteiger partial charge is 0.224 e. The van der Waals surface area contributed by atoms with Crippen molar-refractivity contribution in [3.8, 4) is 0 Å². The van der Waals surface area contributed by atoms with Crippen LogP contribution in [0.25, 0.3) is 0 Å². The summed E-state index contributed by atoms with van der Waals surface area (Å²) in [5, 5.41) is 13.5. The number of hydrogen-bond donors (Lipinski definition) is 2. The van der Waals surface area contributed by atoms with E-state index in [1.165, 1.54) is 12.8 Å². The molecule has 1 aliphatic carbocycles. The molecule has 1 aromatic rings. The van der Waals surface area contributed by atoms with Crippen LogP contribution in [0.1, 0.15) is 56.3 Å². The van der Waals surface area contributed by atoms with Gasteiger partial charge in [0, 0.05) is 12.1 Å². The summed E-state index contributed by atoms with van der Waals surface area (Å²) in [6, 6.07) is 5.96. The Labute approximate surface area is 114 Å². The van der Waals surface area contributed by atoms with E-state index in [1.54, 1.807) is 0 Å². The number of aliphatic hydroxyl groups excluding tert-OH is 1. The normalized spacial score (nSPS) is 22.7. The maximum absolute atomic E-state index is 11.3. The zero-order valence-corrected chi connectivity index (χ0v) is 11.4. The van der Waals surface area contributed by atoms with E-state index in [4.69, 9.17) is 0 Å². The second kappa shape index (κ2) is 4.64. The molecular formula is C16H21NO2. The predicted molar refractivity (Wildman–Crippen MR) is 74.9 cm³/mol. The molecule has 0 bridgehead atoms. The lowest BCUT2D eigenvalue weighted by molar-refractivity contribution is -0.116. The van der Waals surface area contributed by atoms with Crippen LogP contribution in [-0.4, -0.2) is 11.0 Å². The van der Waals surface area contributed by atoms with Gasteiger partial charge in [-0.2, -0.15) is 0 Å². The summed E-state index contributed by atoms with van der Waals surface area (Å²) in [6.45, 7) is 2.19. The molecule has 0 aromatic heterocycles. The number of aryl methyl sites for hydroxylation is 1. The number of carbonyl (C=O) groups is 1. The van der Waals surface area contributed by atoms with Gasteiger partial charge in [0.15, 0.2) is 0 Å². The minimum Gasteiger partial charge on any atom is -0.388 e. The van der Waals surface area contributed by atoms with E-state index in [0.717, 1.165) is 36.1 Å². The van der Waals surface area contributed by atoms with Crippen LogP contribution in [0, 0.1) is 5.41 Å². The molecule has 19 heavy (non-hydrogen) atoms. The van der Waals surface area contributed by atoms with E-state index in [2.05, 4.69) is 18.3 Å². The van der Waals surface area contributed by atoms with Crippen LogP contribution in [-0.2, 0) is 11.2 Å². The Bertz CT molecular complexity index is 503. The van der Waals surface area contributed by atoms with E-state index in [1.807, 2.05) is 12.1 Å². The number of fused-ring (bicyclic) bond motifs is 1. The van der Waals surface area contributed by atoms with Crippen molar-refractivity contribution >= 4 is 11.6 Å². The molecule has 2 N–H and O–H groups in total. The van der Waals surface area contributed by atoms with Gasteiger partial charge in [0.1, 0.15) is 0 Å². The third-order valence-electron chi connectivity index (χ3n) is 4.75. The molecule has 1 saturated carbocycles. The van der Waals surface area contributed by atoms with Gasteiger partial charge in [-0.3, -0.25) is 4.79 Å². The van der Waals surface area contributed by atoms with Crippen LogP contribution in [0.3, 0.4) is 0 Å². The number of benzene rings is 1. The number of anilines is 1. The third-order valence-corrected chi connectivity index (χ3v) is 4.75. The molecule has 0 spiro atoms. The Morgan fingerprint density at radius 1 is 1.26 bits per heavy atom. The molecule has 0 saturated heterocycles. The van der Waals surface area contributed by atoms with Crippen molar-refractivity contribution in [2.24, 2.45) is 5.41 Å². The van der Waals surface area contributed by atoms with Gasteiger partial charge in [0.2, 0.25) is 5.91 Å². The second-order valence-corrected chi connectivity index (χ2v) is 6.23. The molecule has 1 aromatic carbocycles. The van der Waals surface area contributed by atoms with E-state index >= 15 is 0 Å². The minimum absolute atomic E-state index is 0.0200. The number of carbonyl (C=O) groups excluding carboxylic acids is 1. The highest BCUT2D eigenvalue weighted by atomic mass is 16.3. The molecular weight excluding hydrogens is 238 g/mol. The monoisotopic (exact) mass is 259 g/mol. The number of aliphatic hydroxyl groups is 1. The second-order valence-electron chi connectivity index (χ2n) is 6.23. The lowest BCUT2D eigenvalue weighted by atomic mass is 9.79. The molecule has 2 aliphatic rings. The lowest BCUT2D eigenvalue weighted by Gasteiger charge is -2.31. The fraction of sp³-hybridized carbons (Fsp3) is 0.562. The number of rotatable bonds is 2. The highest BCUT2D eigenvalue weighted by molar-refractivity contribution is 5.93. The average molecular weight is 259 g/mol. The first-order chi connectivity index (χ1) is 9.08. The highest BCUT2D eigenvalue weighted by Crippen LogP contribution is 2.47. The summed E-state index contributed by atoms with van der Waals surface area (Å²) in [5.74, 6) is 0.0866. The zero-order chi connectivity index (χ0) is 13.5. The average Bonchev–Trinajstić information content (AvgIpc) is 2.85. The van der Waals surface area contributed by atoms with Crippen molar-refractivity contribution in [3.05, 3.63) is 29.3 Å². The van der Waals surface area contributed by atoms with Crippen LogP contribution < -0.4 is 5.32 Å². The summed E-state index contributed by atoms with van der Waals surface area (Å²) in [7, 11) is 0. The van der Waals surface area contributed by atoms with Gasteiger partial charge in [-0.1, -0.05) is 31.9 Å². The van der Waals surface area contributed by atoms with Crippen molar-refractivity contribution in [2.75, 3.05) is 5.32 Å². The van der Waals surface area contributed by atoms with Gasteiger partial charge in [-0.05, 0) is 41.9 Å². The SMILES string of the molecule is CC1(C(O)c2ccc3c(c2)CCC(=O)N3)CCCC1. The molecule has 1 unspecified atom stereocenters. The molecule has 1 amide bonds. The third kappa shape index (κ3) is 2.27. The Balaban J connectivity index is 1.88. The van der Waals surface area contributed by atoms with Gasteiger partial charge in [-0.25, -0.2) is 0 Å². The van der Waals surface area contributed by atoms with Crippen molar-refractivity contribution in [3.63, 3.8) is 0 Å². The van der Waals surface area contributed by atoms with Crippen molar-refractivity contribution in [1.29, 1.82) is 0 Å². The Kier molecular flexibility index (Phi) is 3.09. The summed E-state index contributed by atoms with van der Waals surface area (Å²) < 4.78 is 0. The van der Waals surface area contributed by atoms with Gasteiger partial charge < -0.3 is 10.4 Å². The van der Waals surface area contributed by atoms with Crippen LogP contribution in [0.2, 0.25) is 0 Å². The molecule has 1 fully saturated rings. The van der Waals surface area contributed by atoms with Crippen LogP contribution in [0.15, 0.2) is 18.2 Å². The molecule has 1 heterocycles. The van der Waals surface area contributed by atoms with Crippen molar-refractivity contribution < 1.29 is 9.90 Å². The first-order valence-corrected chi connectivity index (χ1v) is 7.19. The first-order valence-electron chi connectivity index (χ1n) is 7.19. The van der Waals surface area contributed by atoms with Crippen molar-refractivity contribution in [1.82, 2.24) is 0 Å². The summed E-state index contributed by atoms with van der Waals surface area (Å²) in [5.41, 5.74) is 3.08. The number of amides is 1. The van der Waals surface area contributed by atoms with E-state index in [0.29, 0.717) is 6.42 Å². The molecule has 1 aliphatic heterocycles. The Hall–Kier alpha value is -1.35. The quantitative estimate of drug-likeness (QED) is 0.857. The first kappa shape index (κ1) is 12.7. The Morgan fingerprint density at radius 2 is 2.00 bits per heavy atom. The van der Waals surface area contributed by atoms with Gasteiger partial charge >= 0.3 is 0 Å². The maximum atomic E-state index is 11.3. The van der Waals surface area contributed by atoms with E-state index in [9.17, 15) is 9.90 Å². The van der Waals surface area contributed by atoms with Crippen LogP contribution >= 0.6 is 0 Å². The van der Waals surface area contributed by atoms with Crippen LogP contribution in [0.5, 0.6) is 0 Å². The van der Waals surface area contributed by atoms with E-state index in [-0.39, 0.29) is 11.3 Å². The van der Waals surface area contributed by atoms with E-state index < -0.39 is 6.10 Å². The minimum atomic E-state index is -0.391. The highest BCUT2D eigenvalue weighted by Gasteiger charge is 2.37. The van der Waals surface area contributed by atoms with Gasteiger partial charge in [0.05, 0.1) is 6.10 Å². The standard InChI is InChI=1S/C16H21NO2/c1-16(8-2-3-9-16)15(19)12-4-6-13-11(10-12)5-7-14(18)17-13/h4,6,10,15,19H,2-3,5,7-9H2,1H3,(H,17,18). The molecule has 3 rings (SSSR count). The Morgan fingerprint density at radius 3 is 2.74 bits per heavy atom. The molecule has 3 heteroatoms. The topological polar surface area (TPSA) is 49.3 Å². The van der Waals surface area contributed by atoms with Gasteiger partial charge in [-0.15, -0.1) is 0 Å². The molecule has 102 valence electrons. The lowest BCUT2D eigenvalue weighted by Crippen LogP contribution is -2.23. The summed E-state index contributed by atoms with van der Waals surface area (Å²) in [6.07, 6.45) is 5.56. The van der Waals surface area contributed by atoms with Gasteiger partial charge in [0.25, 0.3) is 0 Å². The summed E-state index contributed by atoms with van der Waals surface area (Å²) in [4.78, 5) is 11.3. The molecule has 3 nitrogen and oxygen atoms in total.